The molecule has 2 aromatic rings. The maximum atomic E-state index is 3.45. The van der Waals surface area contributed by atoms with Crippen LogP contribution >= 0.6 is 15.9 Å². The fourth-order valence-electron chi connectivity index (χ4n) is 1.35. The van der Waals surface area contributed by atoms with E-state index in [9.17, 15) is 0 Å². The Bertz CT molecular complexity index is 403. The normalized spacial score (nSPS) is 10.8. The molecule has 0 fully saturated rings. The van der Waals surface area contributed by atoms with E-state index in [4.69, 9.17) is 0 Å². The van der Waals surface area contributed by atoms with E-state index in [1.807, 2.05) is 0 Å². The highest BCUT2D eigenvalue weighted by Gasteiger charge is 1.98. The molecule has 0 atom stereocenters. The standard InChI is InChI=1S/C10H10BrN/c1-2-9-6-7-5-8(11)3-4-10(7)12-9/h3-6,12H,2H2,1H3. The smallest absolute Gasteiger partial charge is 0.0456 e. The number of fused-ring (bicyclic) bond motifs is 1. The molecule has 0 aliphatic carbocycles. The summed E-state index contributed by atoms with van der Waals surface area (Å²) in [6.45, 7) is 2.15. The summed E-state index contributed by atoms with van der Waals surface area (Å²) < 4.78 is 1.14. The molecule has 0 saturated carbocycles. The Labute approximate surface area is 79.9 Å². The molecule has 0 aliphatic rings. The third kappa shape index (κ3) is 1.27. The van der Waals surface area contributed by atoms with Crippen LogP contribution in [-0.4, -0.2) is 4.98 Å². The molecule has 1 aromatic carbocycles. The zero-order chi connectivity index (χ0) is 8.55. The highest BCUT2D eigenvalue weighted by molar-refractivity contribution is 9.10. The van der Waals surface area contributed by atoms with E-state index in [1.54, 1.807) is 0 Å². The lowest BCUT2D eigenvalue weighted by atomic mass is 10.2. The minimum atomic E-state index is 1.06. The van der Waals surface area contributed by atoms with Gasteiger partial charge in [0.15, 0.2) is 0 Å². The predicted octanol–water partition coefficient (Wildman–Crippen LogP) is 3.49. The molecular formula is C10H10BrN. The van der Waals surface area contributed by atoms with Crippen LogP contribution in [0.5, 0.6) is 0 Å². The average Bonchev–Trinajstić information content (AvgIpc) is 2.46. The van der Waals surface area contributed by atoms with Crippen LogP contribution in [0.4, 0.5) is 0 Å². The van der Waals surface area contributed by atoms with E-state index in [2.05, 4.69) is 52.1 Å². The van der Waals surface area contributed by atoms with Gasteiger partial charge in [-0.25, -0.2) is 0 Å². The van der Waals surface area contributed by atoms with E-state index < -0.39 is 0 Å². The van der Waals surface area contributed by atoms with Gasteiger partial charge < -0.3 is 4.98 Å². The van der Waals surface area contributed by atoms with Gasteiger partial charge in [-0.1, -0.05) is 22.9 Å². The fourth-order valence-corrected chi connectivity index (χ4v) is 1.73. The molecule has 1 N–H and O–H groups in total. The third-order valence-electron chi connectivity index (χ3n) is 2.02. The number of aryl methyl sites for hydroxylation is 1. The van der Waals surface area contributed by atoms with Crippen LogP contribution in [0.1, 0.15) is 12.6 Å². The number of nitrogens with one attached hydrogen (secondary N) is 1. The van der Waals surface area contributed by atoms with Gasteiger partial charge in [0.1, 0.15) is 0 Å². The van der Waals surface area contributed by atoms with Crippen LogP contribution in [0.2, 0.25) is 0 Å². The van der Waals surface area contributed by atoms with Crippen molar-refractivity contribution in [3.8, 4) is 0 Å². The quantitative estimate of drug-likeness (QED) is 0.763. The maximum Gasteiger partial charge on any atom is 0.0456 e. The van der Waals surface area contributed by atoms with Crippen LogP contribution in [0.3, 0.4) is 0 Å². The van der Waals surface area contributed by atoms with Gasteiger partial charge in [0.25, 0.3) is 0 Å². The SMILES string of the molecule is CCc1cc2cc(Br)ccc2[nH]1. The summed E-state index contributed by atoms with van der Waals surface area (Å²) >= 11 is 3.45. The molecule has 1 aromatic heterocycles. The molecule has 12 heavy (non-hydrogen) atoms. The van der Waals surface area contributed by atoms with Gasteiger partial charge >= 0.3 is 0 Å². The Balaban J connectivity index is 2.67. The zero-order valence-electron chi connectivity index (χ0n) is 6.89. The Morgan fingerprint density at radius 2 is 2.17 bits per heavy atom. The first-order chi connectivity index (χ1) is 5.79. The average molecular weight is 224 g/mol. The Morgan fingerprint density at radius 3 is 2.92 bits per heavy atom. The van der Waals surface area contributed by atoms with Crippen LogP contribution in [0.15, 0.2) is 28.7 Å². The molecule has 2 rings (SSSR count). The first-order valence-corrected chi connectivity index (χ1v) is 4.86. The van der Waals surface area contributed by atoms with Gasteiger partial charge in [-0.3, -0.25) is 0 Å². The molecule has 0 radical (unpaired) electrons. The van der Waals surface area contributed by atoms with Crippen LogP contribution in [-0.2, 0) is 6.42 Å². The van der Waals surface area contributed by atoms with Crippen molar-refractivity contribution in [2.45, 2.75) is 13.3 Å². The third-order valence-corrected chi connectivity index (χ3v) is 2.51. The topological polar surface area (TPSA) is 15.8 Å². The molecule has 0 amide bonds. The summed E-state index contributed by atoms with van der Waals surface area (Å²) in [6.07, 6.45) is 1.06. The number of aromatic nitrogens is 1. The summed E-state index contributed by atoms with van der Waals surface area (Å²) in [6, 6.07) is 8.47. The van der Waals surface area contributed by atoms with Crippen molar-refractivity contribution in [1.29, 1.82) is 0 Å². The summed E-state index contributed by atoms with van der Waals surface area (Å²) in [4.78, 5) is 3.35. The number of aromatic amines is 1. The number of H-pyrrole nitrogens is 1. The second kappa shape index (κ2) is 2.94. The minimum absolute atomic E-state index is 1.06. The number of benzene rings is 1. The summed E-state index contributed by atoms with van der Waals surface area (Å²) in [5.74, 6) is 0. The van der Waals surface area contributed by atoms with E-state index in [0.29, 0.717) is 0 Å². The Hall–Kier alpha value is -0.760. The lowest BCUT2D eigenvalue weighted by molar-refractivity contribution is 1.07. The molecule has 0 bridgehead atoms. The van der Waals surface area contributed by atoms with Gasteiger partial charge in [-0.15, -0.1) is 0 Å². The summed E-state index contributed by atoms with van der Waals surface area (Å²) in [7, 11) is 0. The predicted molar refractivity (Wildman–Crippen MR) is 55.4 cm³/mol. The van der Waals surface area contributed by atoms with Crippen molar-refractivity contribution in [2.75, 3.05) is 0 Å². The summed E-state index contributed by atoms with van der Waals surface area (Å²) in [5, 5.41) is 1.28. The highest BCUT2D eigenvalue weighted by atomic mass is 79.9. The van der Waals surface area contributed by atoms with Crippen LogP contribution in [0.25, 0.3) is 10.9 Å². The van der Waals surface area contributed by atoms with Crippen molar-refractivity contribution < 1.29 is 0 Å². The first kappa shape index (κ1) is 7.87. The van der Waals surface area contributed by atoms with Crippen molar-refractivity contribution >= 4 is 26.8 Å². The number of halogens is 1. The monoisotopic (exact) mass is 223 g/mol. The van der Waals surface area contributed by atoms with E-state index in [-0.39, 0.29) is 0 Å². The lowest BCUT2D eigenvalue weighted by Gasteiger charge is -1.89. The van der Waals surface area contributed by atoms with Crippen molar-refractivity contribution in [3.05, 3.63) is 34.4 Å². The van der Waals surface area contributed by atoms with Crippen molar-refractivity contribution in [3.63, 3.8) is 0 Å². The van der Waals surface area contributed by atoms with Crippen molar-refractivity contribution in [1.82, 2.24) is 4.98 Å². The fraction of sp³-hybridized carbons (Fsp3) is 0.200. The molecule has 0 spiro atoms. The Morgan fingerprint density at radius 1 is 1.33 bits per heavy atom. The molecule has 0 aliphatic heterocycles. The molecule has 0 saturated heterocycles. The highest BCUT2D eigenvalue weighted by Crippen LogP contribution is 2.20. The molecular weight excluding hydrogens is 214 g/mol. The molecule has 1 nitrogen and oxygen atoms in total. The van der Waals surface area contributed by atoms with Gasteiger partial charge in [0.05, 0.1) is 0 Å². The first-order valence-electron chi connectivity index (χ1n) is 4.07. The van der Waals surface area contributed by atoms with Gasteiger partial charge in [-0.05, 0) is 30.7 Å². The minimum Gasteiger partial charge on any atom is -0.358 e. The van der Waals surface area contributed by atoms with Gasteiger partial charge in [-0.2, -0.15) is 0 Å². The van der Waals surface area contributed by atoms with E-state index >= 15 is 0 Å². The van der Waals surface area contributed by atoms with Gasteiger partial charge in [0, 0.05) is 21.1 Å². The Kier molecular flexibility index (Phi) is 1.93. The second-order valence-corrected chi connectivity index (χ2v) is 3.80. The largest absolute Gasteiger partial charge is 0.358 e. The number of hydrogen-bond acceptors (Lipinski definition) is 0. The van der Waals surface area contributed by atoms with E-state index in [0.717, 1.165) is 10.9 Å². The summed E-state index contributed by atoms with van der Waals surface area (Å²) in [5.41, 5.74) is 2.51. The zero-order valence-corrected chi connectivity index (χ0v) is 8.48. The van der Waals surface area contributed by atoms with Crippen LogP contribution < -0.4 is 0 Å². The molecule has 0 unspecified atom stereocenters. The van der Waals surface area contributed by atoms with Gasteiger partial charge in [0.2, 0.25) is 0 Å². The molecule has 62 valence electrons. The molecule has 1 heterocycles. The maximum absolute atomic E-state index is 3.45. The molecule has 2 heteroatoms. The number of rotatable bonds is 1. The van der Waals surface area contributed by atoms with E-state index in [1.165, 1.54) is 16.6 Å². The van der Waals surface area contributed by atoms with Crippen LogP contribution in [0, 0.1) is 0 Å². The lowest BCUT2D eigenvalue weighted by Crippen LogP contribution is -1.74. The second-order valence-electron chi connectivity index (χ2n) is 2.88. The number of hydrogen-bond donors (Lipinski definition) is 1. The van der Waals surface area contributed by atoms with Crippen molar-refractivity contribution in [2.24, 2.45) is 0 Å².